The van der Waals surface area contributed by atoms with E-state index in [4.69, 9.17) is 4.74 Å². The van der Waals surface area contributed by atoms with Crippen molar-refractivity contribution in [3.05, 3.63) is 34.9 Å². The van der Waals surface area contributed by atoms with Gasteiger partial charge in [-0.3, -0.25) is 0 Å². The molecule has 1 N–H and O–H groups in total. The molecular weight excluding hydrogens is 226 g/mol. The van der Waals surface area contributed by atoms with Gasteiger partial charge in [0.05, 0.1) is 12.2 Å². The number of hydrogen-bond acceptors (Lipinski definition) is 3. The number of esters is 1. The number of ether oxygens (including phenoxy) is 1. The Hall–Kier alpha value is -1.35. The largest absolute Gasteiger partial charge is 0.462 e. The van der Waals surface area contributed by atoms with Gasteiger partial charge in [0.1, 0.15) is 0 Å². The molecule has 1 saturated carbocycles. The molecule has 0 aromatic heterocycles. The number of nitrogens with one attached hydrogen (secondary N) is 1. The molecule has 3 rings (SSSR count). The molecule has 0 radical (unpaired) electrons. The lowest BCUT2D eigenvalue weighted by atomic mass is 9.83. The summed E-state index contributed by atoms with van der Waals surface area (Å²) in [7, 11) is 0. The monoisotopic (exact) mass is 245 g/mol. The van der Waals surface area contributed by atoms with E-state index in [9.17, 15) is 4.79 Å². The van der Waals surface area contributed by atoms with Gasteiger partial charge in [0.2, 0.25) is 0 Å². The highest BCUT2D eigenvalue weighted by Gasteiger charge is 2.18. The minimum atomic E-state index is -0.177. The van der Waals surface area contributed by atoms with E-state index in [1.165, 1.54) is 30.4 Å². The molecule has 0 bridgehead atoms. The normalized spacial score (nSPS) is 18.2. The van der Waals surface area contributed by atoms with Gasteiger partial charge in [-0.25, -0.2) is 4.79 Å². The van der Waals surface area contributed by atoms with Crippen molar-refractivity contribution in [1.82, 2.24) is 5.32 Å². The van der Waals surface area contributed by atoms with Crippen LogP contribution >= 0.6 is 0 Å². The first-order valence-electron chi connectivity index (χ1n) is 6.82. The molecule has 2 aliphatic rings. The maximum absolute atomic E-state index is 11.9. The van der Waals surface area contributed by atoms with E-state index in [1.807, 2.05) is 18.2 Å². The van der Waals surface area contributed by atoms with Gasteiger partial charge < -0.3 is 10.1 Å². The molecule has 0 atom stereocenters. The summed E-state index contributed by atoms with van der Waals surface area (Å²) in [5.41, 5.74) is 3.20. The third kappa shape index (κ3) is 2.41. The van der Waals surface area contributed by atoms with Crippen molar-refractivity contribution >= 4 is 5.97 Å². The summed E-state index contributed by atoms with van der Waals surface area (Å²) in [6.45, 7) is 2.34. The van der Waals surface area contributed by atoms with E-state index in [1.54, 1.807) is 0 Å². The van der Waals surface area contributed by atoms with Crippen molar-refractivity contribution in [3.8, 4) is 0 Å². The van der Waals surface area contributed by atoms with Crippen LogP contribution in [0.3, 0.4) is 0 Å². The standard InChI is InChI=1S/C15H19NO2/c17-15(18-7-6-11-2-1-3-11)12-4-5-13-9-16-10-14(13)8-12/h4-5,8,11,16H,1-3,6-7,9-10H2. The minimum Gasteiger partial charge on any atom is -0.462 e. The lowest BCUT2D eigenvalue weighted by Crippen LogP contribution is -2.15. The van der Waals surface area contributed by atoms with E-state index in [0.717, 1.165) is 25.4 Å². The lowest BCUT2D eigenvalue weighted by Gasteiger charge is -2.24. The van der Waals surface area contributed by atoms with Gasteiger partial charge >= 0.3 is 5.97 Å². The van der Waals surface area contributed by atoms with Gasteiger partial charge in [-0.2, -0.15) is 0 Å². The smallest absolute Gasteiger partial charge is 0.338 e. The summed E-state index contributed by atoms with van der Waals surface area (Å²) >= 11 is 0. The summed E-state index contributed by atoms with van der Waals surface area (Å²) in [6.07, 6.45) is 4.98. The second kappa shape index (κ2) is 5.11. The highest BCUT2D eigenvalue weighted by atomic mass is 16.5. The Morgan fingerprint density at radius 1 is 1.28 bits per heavy atom. The van der Waals surface area contributed by atoms with Gasteiger partial charge in [-0.05, 0) is 35.6 Å². The van der Waals surface area contributed by atoms with Crippen molar-refractivity contribution < 1.29 is 9.53 Å². The molecule has 3 nitrogen and oxygen atoms in total. The average molecular weight is 245 g/mol. The van der Waals surface area contributed by atoms with Crippen LogP contribution in [0.1, 0.15) is 47.2 Å². The Kier molecular flexibility index (Phi) is 3.33. The van der Waals surface area contributed by atoms with Crippen LogP contribution in [0.5, 0.6) is 0 Å². The quantitative estimate of drug-likeness (QED) is 0.829. The van der Waals surface area contributed by atoms with E-state index in [-0.39, 0.29) is 5.97 Å². The molecule has 96 valence electrons. The molecule has 0 amide bonds. The SMILES string of the molecule is O=C(OCCC1CCC1)c1ccc2c(c1)CNC2. The fourth-order valence-electron chi connectivity index (χ4n) is 2.60. The van der Waals surface area contributed by atoms with Crippen LogP contribution in [0.2, 0.25) is 0 Å². The summed E-state index contributed by atoms with van der Waals surface area (Å²) in [5.74, 6) is 0.617. The molecule has 1 aliphatic carbocycles. The predicted molar refractivity (Wildman–Crippen MR) is 69.2 cm³/mol. The Morgan fingerprint density at radius 3 is 2.89 bits per heavy atom. The second-order valence-electron chi connectivity index (χ2n) is 5.31. The van der Waals surface area contributed by atoms with Gasteiger partial charge in [0.15, 0.2) is 0 Å². The van der Waals surface area contributed by atoms with E-state index >= 15 is 0 Å². The molecule has 1 heterocycles. The van der Waals surface area contributed by atoms with Crippen LogP contribution in [0, 0.1) is 5.92 Å². The highest BCUT2D eigenvalue weighted by molar-refractivity contribution is 5.89. The zero-order valence-corrected chi connectivity index (χ0v) is 10.6. The first kappa shape index (κ1) is 11.7. The van der Waals surface area contributed by atoms with Crippen LogP contribution < -0.4 is 5.32 Å². The molecule has 1 fully saturated rings. The molecule has 0 spiro atoms. The molecular formula is C15H19NO2. The number of carbonyl (C=O) groups is 1. The van der Waals surface area contributed by atoms with Crippen molar-refractivity contribution in [1.29, 1.82) is 0 Å². The van der Waals surface area contributed by atoms with Crippen LogP contribution in [0.15, 0.2) is 18.2 Å². The molecule has 1 aliphatic heterocycles. The first-order valence-corrected chi connectivity index (χ1v) is 6.82. The summed E-state index contributed by atoms with van der Waals surface area (Å²) < 4.78 is 5.33. The Morgan fingerprint density at radius 2 is 2.11 bits per heavy atom. The minimum absolute atomic E-state index is 0.177. The van der Waals surface area contributed by atoms with E-state index in [0.29, 0.717) is 12.2 Å². The lowest BCUT2D eigenvalue weighted by molar-refractivity contribution is 0.0464. The van der Waals surface area contributed by atoms with Crippen LogP contribution in [0.25, 0.3) is 0 Å². The molecule has 18 heavy (non-hydrogen) atoms. The Bertz CT molecular complexity index is 452. The third-order valence-electron chi connectivity index (χ3n) is 4.06. The van der Waals surface area contributed by atoms with Crippen molar-refractivity contribution in [2.24, 2.45) is 5.92 Å². The fraction of sp³-hybridized carbons (Fsp3) is 0.533. The molecule has 3 heteroatoms. The van der Waals surface area contributed by atoms with Gasteiger partial charge in [-0.1, -0.05) is 25.3 Å². The molecule has 1 aromatic carbocycles. The number of hydrogen-bond donors (Lipinski definition) is 1. The molecule has 1 aromatic rings. The number of benzene rings is 1. The fourth-order valence-corrected chi connectivity index (χ4v) is 2.60. The van der Waals surface area contributed by atoms with Gasteiger partial charge in [-0.15, -0.1) is 0 Å². The number of rotatable bonds is 4. The topological polar surface area (TPSA) is 38.3 Å². The zero-order chi connectivity index (χ0) is 12.4. The van der Waals surface area contributed by atoms with Gasteiger partial charge in [0, 0.05) is 13.1 Å². The summed E-state index contributed by atoms with van der Waals surface area (Å²) in [4.78, 5) is 11.9. The van der Waals surface area contributed by atoms with E-state index < -0.39 is 0 Å². The van der Waals surface area contributed by atoms with Crippen LogP contribution in [-0.2, 0) is 17.8 Å². The van der Waals surface area contributed by atoms with Crippen LogP contribution in [0.4, 0.5) is 0 Å². The second-order valence-corrected chi connectivity index (χ2v) is 5.31. The van der Waals surface area contributed by atoms with Crippen molar-refractivity contribution in [3.63, 3.8) is 0 Å². The predicted octanol–water partition coefficient (Wildman–Crippen LogP) is 2.64. The van der Waals surface area contributed by atoms with Gasteiger partial charge in [0.25, 0.3) is 0 Å². The summed E-state index contributed by atoms with van der Waals surface area (Å²) in [5, 5.41) is 3.28. The first-order chi connectivity index (χ1) is 8.83. The number of fused-ring (bicyclic) bond motifs is 1. The zero-order valence-electron chi connectivity index (χ0n) is 10.6. The highest BCUT2D eigenvalue weighted by Crippen LogP contribution is 2.29. The van der Waals surface area contributed by atoms with Crippen LogP contribution in [-0.4, -0.2) is 12.6 Å². The Labute approximate surface area is 108 Å². The third-order valence-corrected chi connectivity index (χ3v) is 4.06. The molecule has 0 unspecified atom stereocenters. The Balaban J connectivity index is 1.54. The maximum atomic E-state index is 11.9. The van der Waals surface area contributed by atoms with E-state index in [2.05, 4.69) is 5.32 Å². The average Bonchev–Trinajstić information content (AvgIpc) is 2.79. The summed E-state index contributed by atoms with van der Waals surface area (Å²) in [6, 6.07) is 5.86. The number of carbonyl (C=O) groups excluding carboxylic acids is 1. The maximum Gasteiger partial charge on any atom is 0.338 e. The molecule has 0 saturated heterocycles. The van der Waals surface area contributed by atoms with Crippen molar-refractivity contribution in [2.45, 2.75) is 38.8 Å². The van der Waals surface area contributed by atoms with Crippen molar-refractivity contribution in [2.75, 3.05) is 6.61 Å².